The third-order valence-corrected chi connectivity index (χ3v) is 2.86. The number of amides is 2. The summed E-state index contributed by atoms with van der Waals surface area (Å²) < 4.78 is 4.92. The second-order valence-corrected chi connectivity index (χ2v) is 4.60. The number of benzene rings is 1. The second-order valence-electron chi connectivity index (χ2n) is 4.17. The molecule has 104 valence electrons. The molecule has 0 aliphatic rings. The molecule has 0 spiro atoms. The predicted molar refractivity (Wildman–Crippen MR) is 75.9 cm³/mol. The van der Waals surface area contributed by atoms with Crippen LogP contribution in [0.3, 0.4) is 0 Å². The van der Waals surface area contributed by atoms with Gasteiger partial charge in [-0.3, -0.25) is 9.59 Å². The molecule has 0 saturated heterocycles. The molecule has 0 aliphatic carbocycles. The molecule has 2 amide bonds. The fraction of sp³-hybridized carbons (Fsp3) is 0.143. The van der Waals surface area contributed by atoms with E-state index in [0.29, 0.717) is 10.7 Å². The standard InChI is InChI=1S/C14H13ClN2O3/c1-9-4-5-10(15)7-11(9)17-13(18)8-16-14(19)12-3-2-6-20-12/h2-7H,8H2,1H3,(H,16,19)(H,17,18). The lowest BCUT2D eigenvalue weighted by molar-refractivity contribution is -0.115. The van der Waals surface area contributed by atoms with Crippen molar-refractivity contribution in [2.75, 3.05) is 11.9 Å². The summed E-state index contributed by atoms with van der Waals surface area (Å²) in [5, 5.41) is 5.68. The van der Waals surface area contributed by atoms with Gasteiger partial charge in [0, 0.05) is 10.7 Å². The Morgan fingerprint density at radius 2 is 2.10 bits per heavy atom. The van der Waals surface area contributed by atoms with Crippen molar-refractivity contribution >= 4 is 29.1 Å². The SMILES string of the molecule is Cc1ccc(Cl)cc1NC(=O)CNC(=O)c1ccco1. The largest absolute Gasteiger partial charge is 0.459 e. The molecule has 0 unspecified atom stereocenters. The average molecular weight is 293 g/mol. The van der Waals surface area contributed by atoms with Gasteiger partial charge >= 0.3 is 0 Å². The molecular weight excluding hydrogens is 280 g/mol. The van der Waals surface area contributed by atoms with Crippen molar-refractivity contribution in [3.63, 3.8) is 0 Å². The van der Waals surface area contributed by atoms with Crippen molar-refractivity contribution in [3.8, 4) is 0 Å². The van der Waals surface area contributed by atoms with Gasteiger partial charge in [-0.2, -0.15) is 0 Å². The van der Waals surface area contributed by atoms with E-state index in [1.165, 1.54) is 12.3 Å². The lowest BCUT2D eigenvalue weighted by Crippen LogP contribution is -2.32. The van der Waals surface area contributed by atoms with E-state index in [1.54, 1.807) is 24.3 Å². The second kappa shape index (κ2) is 6.25. The Labute approximate surface area is 120 Å². The zero-order valence-electron chi connectivity index (χ0n) is 10.8. The quantitative estimate of drug-likeness (QED) is 0.910. The lowest BCUT2D eigenvalue weighted by Gasteiger charge is -2.09. The van der Waals surface area contributed by atoms with Gasteiger partial charge < -0.3 is 15.1 Å². The third kappa shape index (κ3) is 3.61. The van der Waals surface area contributed by atoms with Gasteiger partial charge in [0.15, 0.2) is 5.76 Å². The Morgan fingerprint density at radius 3 is 2.80 bits per heavy atom. The molecule has 0 saturated carbocycles. The highest BCUT2D eigenvalue weighted by Crippen LogP contribution is 2.19. The van der Waals surface area contributed by atoms with Crippen LogP contribution in [0.15, 0.2) is 41.0 Å². The lowest BCUT2D eigenvalue weighted by atomic mass is 10.2. The molecule has 2 aromatic rings. The van der Waals surface area contributed by atoms with Gasteiger partial charge in [-0.05, 0) is 36.8 Å². The van der Waals surface area contributed by atoms with Crippen LogP contribution in [0.1, 0.15) is 16.1 Å². The molecule has 0 bridgehead atoms. The number of rotatable bonds is 4. The minimum Gasteiger partial charge on any atom is -0.459 e. The van der Waals surface area contributed by atoms with E-state index in [-0.39, 0.29) is 18.2 Å². The summed E-state index contributed by atoms with van der Waals surface area (Å²) in [5.74, 6) is -0.611. The zero-order valence-corrected chi connectivity index (χ0v) is 11.5. The van der Waals surface area contributed by atoms with E-state index in [4.69, 9.17) is 16.0 Å². The predicted octanol–water partition coefficient (Wildman–Crippen LogP) is 2.61. The van der Waals surface area contributed by atoms with Gasteiger partial charge in [0.05, 0.1) is 12.8 Å². The van der Waals surface area contributed by atoms with Crippen molar-refractivity contribution in [1.82, 2.24) is 5.32 Å². The maximum atomic E-state index is 11.8. The van der Waals surface area contributed by atoms with Crippen LogP contribution >= 0.6 is 11.6 Å². The summed E-state index contributed by atoms with van der Waals surface area (Å²) >= 11 is 5.86. The van der Waals surface area contributed by atoms with Crippen LogP contribution in [0.25, 0.3) is 0 Å². The molecule has 2 N–H and O–H groups in total. The highest BCUT2D eigenvalue weighted by Gasteiger charge is 2.11. The van der Waals surface area contributed by atoms with E-state index in [0.717, 1.165) is 5.56 Å². The molecule has 1 aromatic carbocycles. The van der Waals surface area contributed by atoms with Crippen LogP contribution < -0.4 is 10.6 Å². The summed E-state index contributed by atoms with van der Waals surface area (Å²) in [6, 6.07) is 8.33. The number of carbonyl (C=O) groups is 2. The first kappa shape index (κ1) is 14.1. The minimum absolute atomic E-state index is 0.147. The summed E-state index contributed by atoms with van der Waals surface area (Å²) in [6.45, 7) is 1.71. The van der Waals surface area contributed by atoms with Crippen molar-refractivity contribution < 1.29 is 14.0 Å². The van der Waals surface area contributed by atoms with Crippen LogP contribution in [0.2, 0.25) is 5.02 Å². The average Bonchev–Trinajstić information content (AvgIpc) is 2.94. The molecule has 0 aliphatic heterocycles. The molecule has 0 fully saturated rings. The minimum atomic E-state index is -0.437. The Hall–Kier alpha value is -2.27. The van der Waals surface area contributed by atoms with E-state index in [2.05, 4.69) is 10.6 Å². The van der Waals surface area contributed by atoms with Crippen molar-refractivity contribution in [1.29, 1.82) is 0 Å². The van der Waals surface area contributed by atoms with Crippen LogP contribution in [0.5, 0.6) is 0 Å². The zero-order chi connectivity index (χ0) is 14.5. The third-order valence-electron chi connectivity index (χ3n) is 2.63. The van der Waals surface area contributed by atoms with Gasteiger partial charge in [-0.25, -0.2) is 0 Å². The number of aryl methyl sites for hydroxylation is 1. The van der Waals surface area contributed by atoms with Crippen LogP contribution in [0.4, 0.5) is 5.69 Å². The fourth-order valence-electron chi connectivity index (χ4n) is 1.58. The Kier molecular flexibility index (Phi) is 4.42. The number of anilines is 1. The molecular formula is C14H13ClN2O3. The molecule has 2 rings (SSSR count). The van der Waals surface area contributed by atoms with Crippen molar-refractivity contribution in [2.45, 2.75) is 6.92 Å². The summed E-state index contributed by atoms with van der Waals surface area (Å²) in [7, 11) is 0. The van der Waals surface area contributed by atoms with Crippen LogP contribution in [-0.4, -0.2) is 18.4 Å². The number of hydrogen-bond donors (Lipinski definition) is 2. The van der Waals surface area contributed by atoms with Gasteiger partial charge in [-0.1, -0.05) is 17.7 Å². The monoisotopic (exact) mass is 292 g/mol. The summed E-state index contributed by atoms with van der Waals surface area (Å²) in [4.78, 5) is 23.3. The topological polar surface area (TPSA) is 71.3 Å². The highest BCUT2D eigenvalue weighted by molar-refractivity contribution is 6.31. The smallest absolute Gasteiger partial charge is 0.287 e. The van der Waals surface area contributed by atoms with Gasteiger partial charge in [-0.15, -0.1) is 0 Å². The summed E-state index contributed by atoms with van der Waals surface area (Å²) in [5.41, 5.74) is 1.51. The molecule has 20 heavy (non-hydrogen) atoms. The molecule has 0 radical (unpaired) electrons. The molecule has 1 heterocycles. The van der Waals surface area contributed by atoms with Crippen molar-refractivity contribution in [3.05, 3.63) is 52.9 Å². The van der Waals surface area contributed by atoms with Crippen molar-refractivity contribution in [2.24, 2.45) is 0 Å². The Bertz CT molecular complexity index is 623. The number of nitrogens with one attached hydrogen (secondary N) is 2. The van der Waals surface area contributed by atoms with Gasteiger partial charge in [0.1, 0.15) is 0 Å². The molecule has 5 nitrogen and oxygen atoms in total. The first-order chi connectivity index (χ1) is 9.56. The maximum absolute atomic E-state index is 11.8. The molecule has 6 heteroatoms. The van der Waals surface area contributed by atoms with Crippen LogP contribution in [-0.2, 0) is 4.79 Å². The van der Waals surface area contributed by atoms with Gasteiger partial charge in [0.25, 0.3) is 5.91 Å². The number of hydrogen-bond acceptors (Lipinski definition) is 3. The fourth-order valence-corrected chi connectivity index (χ4v) is 1.75. The van der Waals surface area contributed by atoms with E-state index in [1.807, 2.05) is 6.92 Å². The van der Waals surface area contributed by atoms with E-state index in [9.17, 15) is 9.59 Å². The van der Waals surface area contributed by atoms with Crippen LogP contribution in [0, 0.1) is 6.92 Å². The summed E-state index contributed by atoms with van der Waals surface area (Å²) in [6.07, 6.45) is 1.39. The normalized spacial score (nSPS) is 10.1. The highest BCUT2D eigenvalue weighted by atomic mass is 35.5. The first-order valence-electron chi connectivity index (χ1n) is 5.94. The Balaban J connectivity index is 1.90. The number of halogens is 1. The maximum Gasteiger partial charge on any atom is 0.287 e. The first-order valence-corrected chi connectivity index (χ1v) is 6.32. The Morgan fingerprint density at radius 1 is 1.30 bits per heavy atom. The number of furan rings is 1. The van der Waals surface area contributed by atoms with Gasteiger partial charge in [0.2, 0.25) is 5.91 Å². The van der Waals surface area contributed by atoms with E-state index >= 15 is 0 Å². The molecule has 0 atom stereocenters. The molecule has 1 aromatic heterocycles. The van der Waals surface area contributed by atoms with E-state index < -0.39 is 5.91 Å². The number of carbonyl (C=O) groups excluding carboxylic acids is 2.